The minimum atomic E-state index is -1.47. The van der Waals surface area contributed by atoms with Gasteiger partial charge in [0, 0.05) is 9.64 Å². The molecule has 2 aromatic carbocycles. The zero-order valence-electron chi connectivity index (χ0n) is 10.6. The molecule has 0 atom stereocenters. The molecule has 0 fully saturated rings. The number of benzene rings is 2. The molecule has 0 unspecified atom stereocenters. The first kappa shape index (κ1) is 15.7. The summed E-state index contributed by atoms with van der Waals surface area (Å²) in [7, 11) is 0. The molecule has 7 heteroatoms. The standard InChI is InChI=1S/C14H8F4INO/c1-6(21)12-9(16)5-10(17)13(18)14(12)20-11-3-2-7(19)4-8(11)15/h2-5,20H,1H3. The minimum Gasteiger partial charge on any atom is -0.350 e. The summed E-state index contributed by atoms with van der Waals surface area (Å²) in [4.78, 5) is 11.4. The van der Waals surface area contributed by atoms with Crippen LogP contribution in [0.2, 0.25) is 0 Å². The lowest BCUT2D eigenvalue weighted by molar-refractivity contribution is 0.101. The highest BCUT2D eigenvalue weighted by molar-refractivity contribution is 14.1. The summed E-state index contributed by atoms with van der Waals surface area (Å²) in [5.74, 6) is -5.67. The highest BCUT2D eigenvalue weighted by Crippen LogP contribution is 2.30. The number of anilines is 2. The maximum Gasteiger partial charge on any atom is 0.183 e. The van der Waals surface area contributed by atoms with Crippen LogP contribution in [-0.4, -0.2) is 5.78 Å². The van der Waals surface area contributed by atoms with E-state index in [1.165, 1.54) is 12.1 Å². The first-order valence-electron chi connectivity index (χ1n) is 5.71. The Morgan fingerprint density at radius 2 is 1.71 bits per heavy atom. The summed E-state index contributed by atoms with van der Waals surface area (Å²) in [6.07, 6.45) is 0. The first-order chi connectivity index (χ1) is 9.81. The number of hydrogen-bond acceptors (Lipinski definition) is 2. The summed E-state index contributed by atoms with van der Waals surface area (Å²) >= 11 is 1.87. The highest BCUT2D eigenvalue weighted by atomic mass is 127. The van der Waals surface area contributed by atoms with Gasteiger partial charge in [0.1, 0.15) is 11.6 Å². The fourth-order valence-electron chi connectivity index (χ4n) is 1.78. The van der Waals surface area contributed by atoms with E-state index in [-0.39, 0.29) is 11.8 Å². The zero-order chi connectivity index (χ0) is 15.7. The molecule has 0 heterocycles. The van der Waals surface area contributed by atoms with Crippen molar-refractivity contribution in [2.75, 3.05) is 5.32 Å². The highest BCUT2D eigenvalue weighted by Gasteiger charge is 2.22. The van der Waals surface area contributed by atoms with Gasteiger partial charge >= 0.3 is 0 Å². The Kier molecular flexibility index (Phi) is 4.50. The molecule has 0 spiro atoms. The quantitative estimate of drug-likeness (QED) is 0.342. The number of halogens is 5. The van der Waals surface area contributed by atoms with E-state index in [9.17, 15) is 22.4 Å². The number of nitrogens with one attached hydrogen (secondary N) is 1. The molecule has 2 rings (SSSR count). The third kappa shape index (κ3) is 3.17. The van der Waals surface area contributed by atoms with Crippen LogP contribution in [0.3, 0.4) is 0 Å². The molecule has 0 bridgehead atoms. The van der Waals surface area contributed by atoms with Crippen molar-refractivity contribution in [3.63, 3.8) is 0 Å². The third-order valence-electron chi connectivity index (χ3n) is 2.71. The predicted molar refractivity (Wildman–Crippen MR) is 78.7 cm³/mol. The van der Waals surface area contributed by atoms with Crippen molar-refractivity contribution in [1.82, 2.24) is 0 Å². The molecule has 0 amide bonds. The van der Waals surface area contributed by atoms with Crippen molar-refractivity contribution in [1.29, 1.82) is 0 Å². The third-order valence-corrected chi connectivity index (χ3v) is 3.39. The van der Waals surface area contributed by atoms with Gasteiger partial charge in [-0.05, 0) is 47.7 Å². The summed E-state index contributed by atoms with van der Waals surface area (Å²) in [6, 6.07) is 4.24. The van der Waals surface area contributed by atoms with Gasteiger partial charge < -0.3 is 5.32 Å². The largest absolute Gasteiger partial charge is 0.350 e. The lowest BCUT2D eigenvalue weighted by atomic mass is 10.1. The van der Waals surface area contributed by atoms with E-state index in [1.54, 1.807) is 0 Å². The van der Waals surface area contributed by atoms with Crippen LogP contribution in [0.15, 0.2) is 24.3 Å². The van der Waals surface area contributed by atoms with Gasteiger partial charge in [0.2, 0.25) is 0 Å². The lowest BCUT2D eigenvalue weighted by Crippen LogP contribution is -2.09. The lowest BCUT2D eigenvalue weighted by Gasteiger charge is -2.13. The molecule has 21 heavy (non-hydrogen) atoms. The smallest absolute Gasteiger partial charge is 0.183 e. The van der Waals surface area contributed by atoms with Gasteiger partial charge in [-0.25, -0.2) is 17.6 Å². The van der Waals surface area contributed by atoms with Crippen LogP contribution in [0.25, 0.3) is 0 Å². The van der Waals surface area contributed by atoms with Crippen LogP contribution < -0.4 is 5.32 Å². The summed E-state index contributed by atoms with van der Waals surface area (Å²) in [5, 5.41) is 2.25. The summed E-state index contributed by atoms with van der Waals surface area (Å²) in [6.45, 7) is 1.01. The second kappa shape index (κ2) is 6.00. The average Bonchev–Trinajstić information content (AvgIpc) is 2.38. The molecule has 0 saturated heterocycles. The zero-order valence-corrected chi connectivity index (χ0v) is 12.8. The molecule has 0 radical (unpaired) electrons. The van der Waals surface area contributed by atoms with E-state index in [0.717, 1.165) is 13.0 Å². The van der Waals surface area contributed by atoms with Gasteiger partial charge in [0.25, 0.3) is 0 Å². The van der Waals surface area contributed by atoms with Crippen molar-refractivity contribution in [2.24, 2.45) is 0 Å². The summed E-state index contributed by atoms with van der Waals surface area (Å²) in [5.41, 5.74) is -1.58. The van der Waals surface area contributed by atoms with Crippen molar-refractivity contribution in [2.45, 2.75) is 6.92 Å². The van der Waals surface area contributed by atoms with Gasteiger partial charge in [-0.2, -0.15) is 0 Å². The molecule has 2 nitrogen and oxygen atoms in total. The Balaban J connectivity index is 2.60. The number of ketones is 1. The second-order valence-corrected chi connectivity index (χ2v) is 5.46. The maximum absolute atomic E-state index is 13.8. The number of rotatable bonds is 3. The predicted octanol–water partition coefficient (Wildman–Crippen LogP) is 4.79. The van der Waals surface area contributed by atoms with Crippen LogP contribution in [0, 0.1) is 26.8 Å². The fourth-order valence-corrected chi connectivity index (χ4v) is 2.24. The minimum absolute atomic E-state index is 0.193. The van der Waals surface area contributed by atoms with Crippen molar-refractivity contribution in [3.05, 3.63) is 56.7 Å². The van der Waals surface area contributed by atoms with E-state index < -0.39 is 40.3 Å². The molecule has 0 aromatic heterocycles. The van der Waals surface area contributed by atoms with Crippen LogP contribution >= 0.6 is 22.6 Å². The molecular weight excluding hydrogens is 401 g/mol. The molecule has 0 aliphatic rings. The molecule has 2 aromatic rings. The molecular formula is C14H8F4INO. The second-order valence-electron chi connectivity index (χ2n) is 4.21. The van der Waals surface area contributed by atoms with Crippen LogP contribution in [-0.2, 0) is 0 Å². The Labute approximate surface area is 131 Å². The Morgan fingerprint density at radius 3 is 2.29 bits per heavy atom. The number of hydrogen-bond donors (Lipinski definition) is 1. The number of Topliss-reactive ketones (excluding diaryl/α,β-unsaturated/α-hetero) is 1. The Hall–Kier alpha value is -1.64. The molecule has 110 valence electrons. The van der Waals surface area contributed by atoms with E-state index in [4.69, 9.17) is 0 Å². The average molecular weight is 409 g/mol. The topological polar surface area (TPSA) is 29.1 Å². The van der Waals surface area contributed by atoms with E-state index in [1.807, 2.05) is 22.6 Å². The molecule has 1 N–H and O–H groups in total. The van der Waals surface area contributed by atoms with Crippen LogP contribution in [0.1, 0.15) is 17.3 Å². The number of carbonyl (C=O) groups is 1. The molecule has 0 aliphatic heterocycles. The van der Waals surface area contributed by atoms with E-state index in [2.05, 4.69) is 5.32 Å². The SMILES string of the molecule is CC(=O)c1c(F)cc(F)c(F)c1Nc1ccc(I)cc1F. The monoisotopic (exact) mass is 409 g/mol. The Bertz CT molecular complexity index is 733. The molecule has 0 aliphatic carbocycles. The maximum atomic E-state index is 13.8. The summed E-state index contributed by atoms with van der Waals surface area (Å²) < 4.78 is 55.1. The van der Waals surface area contributed by atoms with Gasteiger partial charge in [0.15, 0.2) is 17.4 Å². The van der Waals surface area contributed by atoms with Crippen LogP contribution in [0.5, 0.6) is 0 Å². The Morgan fingerprint density at radius 1 is 1.05 bits per heavy atom. The van der Waals surface area contributed by atoms with Gasteiger partial charge in [0.05, 0.1) is 16.9 Å². The van der Waals surface area contributed by atoms with Crippen LogP contribution in [0.4, 0.5) is 28.9 Å². The van der Waals surface area contributed by atoms with Gasteiger partial charge in [-0.1, -0.05) is 0 Å². The van der Waals surface area contributed by atoms with Gasteiger partial charge in [-0.3, -0.25) is 4.79 Å². The van der Waals surface area contributed by atoms with Gasteiger partial charge in [-0.15, -0.1) is 0 Å². The van der Waals surface area contributed by atoms with Crippen molar-refractivity contribution >= 4 is 39.7 Å². The normalized spacial score (nSPS) is 10.6. The fraction of sp³-hybridized carbons (Fsp3) is 0.0714. The first-order valence-corrected chi connectivity index (χ1v) is 6.79. The number of carbonyl (C=O) groups excluding carboxylic acids is 1. The van der Waals surface area contributed by atoms with Crippen molar-refractivity contribution in [3.8, 4) is 0 Å². The van der Waals surface area contributed by atoms with E-state index in [0.29, 0.717) is 3.57 Å². The van der Waals surface area contributed by atoms with E-state index >= 15 is 0 Å². The molecule has 0 saturated carbocycles. The van der Waals surface area contributed by atoms with Crippen molar-refractivity contribution < 1.29 is 22.4 Å².